The zero-order valence-electron chi connectivity index (χ0n) is 21.0. The minimum atomic E-state index is -0.543. The average molecular weight is 500 g/mol. The topological polar surface area (TPSA) is 123 Å². The lowest BCUT2D eigenvalue weighted by molar-refractivity contribution is -0.142. The number of nitrogen functional groups attached to an aromatic ring is 1. The fourth-order valence-electron chi connectivity index (χ4n) is 3.45. The number of carbonyl (C=O) groups is 3. The zero-order chi connectivity index (χ0) is 26.9. The molecule has 8 heteroatoms. The summed E-state index contributed by atoms with van der Waals surface area (Å²) >= 11 is 0. The molecule has 0 aromatic heterocycles. The molecule has 190 valence electrons. The SMILES string of the molecule is CCOC(=O)CN(C(=O)/C(C)=C/c1ccc(C(=O)Oc2ccc(C(=N)N)cc2)cc1)c1ccc(C)cc1. The second-order valence-electron chi connectivity index (χ2n) is 8.31. The van der Waals surface area contributed by atoms with Gasteiger partial charge in [-0.25, -0.2) is 4.79 Å². The molecular weight excluding hydrogens is 470 g/mol. The summed E-state index contributed by atoms with van der Waals surface area (Å²) in [4.78, 5) is 39.3. The third kappa shape index (κ3) is 7.38. The smallest absolute Gasteiger partial charge is 0.343 e. The molecule has 0 aliphatic heterocycles. The van der Waals surface area contributed by atoms with Gasteiger partial charge < -0.3 is 15.2 Å². The van der Waals surface area contributed by atoms with Gasteiger partial charge in [-0.15, -0.1) is 0 Å². The average Bonchev–Trinajstić information content (AvgIpc) is 2.88. The van der Waals surface area contributed by atoms with Crippen LogP contribution >= 0.6 is 0 Å². The number of hydrogen-bond acceptors (Lipinski definition) is 6. The molecule has 0 aliphatic carbocycles. The van der Waals surface area contributed by atoms with E-state index in [2.05, 4.69) is 0 Å². The second-order valence-corrected chi connectivity index (χ2v) is 8.31. The van der Waals surface area contributed by atoms with Gasteiger partial charge in [0, 0.05) is 16.8 Å². The Morgan fingerprint density at radius 3 is 2.08 bits per heavy atom. The van der Waals surface area contributed by atoms with Crippen molar-refractivity contribution in [2.75, 3.05) is 18.1 Å². The van der Waals surface area contributed by atoms with E-state index in [-0.39, 0.29) is 24.9 Å². The maximum atomic E-state index is 13.3. The van der Waals surface area contributed by atoms with Crippen molar-refractivity contribution in [2.45, 2.75) is 20.8 Å². The van der Waals surface area contributed by atoms with Crippen LogP contribution in [0.15, 0.2) is 78.4 Å². The molecule has 0 bridgehead atoms. The first-order chi connectivity index (χ1) is 17.7. The quantitative estimate of drug-likeness (QED) is 0.147. The van der Waals surface area contributed by atoms with Crippen LogP contribution in [-0.4, -0.2) is 36.8 Å². The summed E-state index contributed by atoms with van der Waals surface area (Å²) < 4.78 is 10.4. The summed E-state index contributed by atoms with van der Waals surface area (Å²) in [5.74, 6) is -1.12. The highest BCUT2D eigenvalue weighted by Gasteiger charge is 2.21. The Balaban J connectivity index is 1.74. The fraction of sp³-hybridized carbons (Fsp3) is 0.172. The van der Waals surface area contributed by atoms with E-state index < -0.39 is 11.9 Å². The molecule has 3 rings (SSSR count). The first-order valence-electron chi connectivity index (χ1n) is 11.7. The lowest BCUT2D eigenvalue weighted by Gasteiger charge is -2.22. The monoisotopic (exact) mass is 499 g/mol. The van der Waals surface area contributed by atoms with Crippen molar-refractivity contribution in [2.24, 2.45) is 5.73 Å². The van der Waals surface area contributed by atoms with Crippen molar-refractivity contribution in [3.05, 3.63) is 101 Å². The normalized spacial score (nSPS) is 10.9. The van der Waals surface area contributed by atoms with Gasteiger partial charge in [0.25, 0.3) is 5.91 Å². The van der Waals surface area contributed by atoms with Gasteiger partial charge in [-0.2, -0.15) is 0 Å². The number of carbonyl (C=O) groups excluding carboxylic acids is 3. The third-order valence-corrected chi connectivity index (χ3v) is 5.43. The highest BCUT2D eigenvalue weighted by molar-refractivity contribution is 6.10. The van der Waals surface area contributed by atoms with Gasteiger partial charge in [-0.05, 0) is 80.9 Å². The molecule has 3 N–H and O–H groups in total. The van der Waals surface area contributed by atoms with Crippen LogP contribution in [0.1, 0.15) is 40.9 Å². The molecule has 0 saturated heterocycles. The number of anilines is 1. The van der Waals surface area contributed by atoms with E-state index in [1.807, 2.05) is 19.1 Å². The predicted octanol–water partition coefficient (Wildman–Crippen LogP) is 4.50. The van der Waals surface area contributed by atoms with Gasteiger partial charge in [0.1, 0.15) is 18.1 Å². The van der Waals surface area contributed by atoms with E-state index in [9.17, 15) is 14.4 Å². The Hall–Kier alpha value is -4.72. The van der Waals surface area contributed by atoms with Crippen LogP contribution < -0.4 is 15.4 Å². The van der Waals surface area contributed by atoms with Crippen LogP contribution in [0.5, 0.6) is 5.75 Å². The molecule has 8 nitrogen and oxygen atoms in total. The number of aryl methyl sites for hydroxylation is 1. The first kappa shape index (κ1) is 26.9. The van der Waals surface area contributed by atoms with Crippen molar-refractivity contribution in [3.63, 3.8) is 0 Å². The molecule has 0 saturated carbocycles. The number of ether oxygens (including phenoxy) is 2. The maximum absolute atomic E-state index is 13.3. The van der Waals surface area contributed by atoms with Gasteiger partial charge in [0.15, 0.2) is 0 Å². The van der Waals surface area contributed by atoms with Gasteiger partial charge in [0.2, 0.25) is 0 Å². The molecular formula is C29H29N3O5. The minimum absolute atomic E-state index is 0.0711. The molecule has 0 atom stereocenters. The zero-order valence-corrected chi connectivity index (χ0v) is 21.0. The van der Waals surface area contributed by atoms with Crippen LogP contribution in [0.2, 0.25) is 0 Å². The Morgan fingerprint density at radius 1 is 0.919 bits per heavy atom. The van der Waals surface area contributed by atoms with Crippen LogP contribution in [0.3, 0.4) is 0 Å². The number of esters is 2. The molecule has 0 unspecified atom stereocenters. The maximum Gasteiger partial charge on any atom is 0.343 e. The summed E-state index contributed by atoms with van der Waals surface area (Å²) in [6.45, 7) is 5.34. The van der Waals surface area contributed by atoms with E-state index in [0.717, 1.165) is 5.56 Å². The highest BCUT2D eigenvalue weighted by atomic mass is 16.5. The Morgan fingerprint density at radius 2 is 1.51 bits per heavy atom. The Labute approximate surface area is 215 Å². The number of rotatable bonds is 9. The standard InChI is InChI=1S/C29H29N3O5/c1-4-36-26(33)18-32(24-13-5-19(2)6-14-24)28(34)20(3)17-21-7-9-23(10-8-21)29(35)37-25-15-11-22(12-16-25)27(30)31/h5-17H,4,18H2,1-3H3,(H3,30,31)/b20-17+. The van der Waals surface area contributed by atoms with Gasteiger partial charge >= 0.3 is 11.9 Å². The molecule has 3 aromatic carbocycles. The van der Waals surface area contributed by atoms with Crippen molar-refractivity contribution in [3.8, 4) is 5.75 Å². The van der Waals surface area contributed by atoms with Crippen LogP contribution in [0.4, 0.5) is 5.69 Å². The summed E-state index contributed by atoms with van der Waals surface area (Å²) in [6, 6.07) is 20.3. The molecule has 3 aromatic rings. The van der Waals surface area contributed by atoms with Gasteiger partial charge in [-0.1, -0.05) is 29.8 Å². The Bertz CT molecular complexity index is 1310. The van der Waals surface area contributed by atoms with Crippen molar-refractivity contribution in [1.82, 2.24) is 0 Å². The van der Waals surface area contributed by atoms with E-state index in [1.54, 1.807) is 80.6 Å². The van der Waals surface area contributed by atoms with Crippen molar-refractivity contribution < 1.29 is 23.9 Å². The fourth-order valence-corrected chi connectivity index (χ4v) is 3.45. The molecule has 0 spiro atoms. The van der Waals surface area contributed by atoms with Crippen molar-refractivity contribution >= 4 is 35.4 Å². The number of amidine groups is 1. The van der Waals surface area contributed by atoms with E-state index in [0.29, 0.717) is 33.7 Å². The summed E-state index contributed by atoms with van der Waals surface area (Å²) in [5.41, 5.74) is 9.03. The predicted molar refractivity (Wildman–Crippen MR) is 143 cm³/mol. The number of nitrogens with one attached hydrogen (secondary N) is 1. The number of amides is 1. The highest BCUT2D eigenvalue weighted by Crippen LogP contribution is 2.20. The second kappa shape index (κ2) is 12.3. The van der Waals surface area contributed by atoms with Crippen LogP contribution in [0.25, 0.3) is 6.08 Å². The van der Waals surface area contributed by atoms with Crippen molar-refractivity contribution in [1.29, 1.82) is 5.41 Å². The molecule has 37 heavy (non-hydrogen) atoms. The lowest BCUT2D eigenvalue weighted by Crippen LogP contribution is -2.37. The number of nitrogens with two attached hydrogens (primary N) is 1. The summed E-state index contributed by atoms with van der Waals surface area (Å²) in [6.07, 6.45) is 1.68. The number of hydrogen-bond donors (Lipinski definition) is 2. The molecule has 0 radical (unpaired) electrons. The van der Waals surface area contributed by atoms with Crippen LogP contribution in [-0.2, 0) is 14.3 Å². The van der Waals surface area contributed by atoms with E-state index in [1.165, 1.54) is 4.90 Å². The third-order valence-electron chi connectivity index (χ3n) is 5.43. The Kier molecular flexibility index (Phi) is 8.94. The first-order valence-corrected chi connectivity index (χ1v) is 11.7. The minimum Gasteiger partial charge on any atom is -0.465 e. The van der Waals surface area contributed by atoms with E-state index >= 15 is 0 Å². The summed E-state index contributed by atoms with van der Waals surface area (Å²) in [7, 11) is 0. The van der Waals surface area contributed by atoms with Gasteiger partial charge in [-0.3, -0.25) is 19.9 Å². The van der Waals surface area contributed by atoms with Gasteiger partial charge in [0.05, 0.1) is 12.2 Å². The lowest BCUT2D eigenvalue weighted by atomic mass is 10.1. The largest absolute Gasteiger partial charge is 0.465 e. The number of nitrogens with zero attached hydrogens (tertiary/aromatic N) is 1. The molecule has 0 aliphatic rings. The van der Waals surface area contributed by atoms with Crippen LogP contribution in [0, 0.1) is 12.3 Å². The molecule has 1 amide bonds. The molecule has 0 heterocycles. The number of benzene rings is 3. The van der Waals surface area contributed by atoms with E-state index in [4.69, 9.17) is 20.6 Å². The summed E-state index contributed by atoms with van der Waals surface area (Å²) in [5, 5.41) is 7.42. The molecule has 0 fully saturated rings.